The van der Waals surface area contributed by atoms with E-state index >= 15 is 0 Å². The minimum atomic E-state index is -0.0763. The first-order valence-corrected chi connectivity index (χ1v) is 6.43. The molecule has 0 aliphatic carbocycles. The molecule has 0 fully saturated rings. The lowest BCUT2D eigenvalue weighted by molar-refractivity contribution is -0.119. The van der Waals surface area contributed by atoms with Crippen LogP contribution < -0.4 is 21.5 Å². The molecule has 1 aromatic rings. The summed E-state index contributed by atoms with van der Waals surface area (Å²) in [5, 5.41) is 2.60. The van der Waals surface area contributed by atoms with Gasteiger partial charge in [-0.2, -0.15) is 0 Å². The van der Waals surface area contributed by atoms with Crippen LogP contribution in [0, 0.1) is 0 Å². The number of rotatable bonds is 8. The van der Waals surface area contributed by atoms with E-state index in [9.17, 15) is 4.79 Å². The smallest absolute Gasteiger partial charge is 0.239 e. The molecule has 8 heteroatoms. The molecule has 1 heterocycles. The zero-order valence-corrected chi connectivity index (χ0v) is 12.1. The van der Waals surface area contributed by atoms with Gasteiger partial charge in [-0.3, -0.25) is 4.79 Å². The second-order valence-electron chi connectivity index (χ2n) is 4.20. The topological polar surface area (TPSA) is 105 Å². The Hall–Kier alpha value is -1.93. The summed E-state index contributed by atoms with van der Waals surface area (Å²) in [6, 6.07) is 1.71. The predicted molar refractivity (Wildman–Crippen MR) is 77.1 cm³/mol. The van der Waals surface area contributed by atoms with E-state index < -0.39 is 0 Å². The molecule has 0 aliphatic rings. The van der Waals surface area contributed by atoms with E-state index in [0.29, 0.717) is 24.0 Å². The minimum absolute atomic E-state index is 0.0763. The van der Waals surface area contributed by atoms with Gasteiger partial charge in [-0.1, -0.05) is 6.92 Å². The summed E-state index contributed by atoms with van der Waals surface area (Å²) in [5.74, 6) is 6.97. The molecular formula is C12H22N6O2. The van der Waals surface area contributed by atoms with E-state index in [2.05, 4.69) is 20.7 Å². The van der Waals surface area contributed by atoms with Crippen LogP contribution in [-0.2, 0) is 16.1 Å². The molecule has 0 saturated heterocycles. The van der Waals surface area contributed by atoms with Crippen LogP contribution in [0.4, 0.5) is 11.6 Å². The lowest BCUT2D eigenvalue weighted by Crippen LogP contribution is -2.37. The van der Waals surface area contributed by atoms with Crippen molar-refractivity contribution in [1.82, 2.24) is 15.3 Å². The first kappa shape index (κ1) is 16.1. The Morgan fingerprint density at radius 2 is 2.25 bits per heavy atom. The number of carbonyl (C=O) groups excluding carboxylic acids is 1. The fourth-order valence-corrected chi connectivity index (χ4v) is 1.71. The van der Waals surface area contributed by atoms with Crippen LogP contribution in [0.1, 0.15) is 19.2 Å². The van der Waals surface area contributed by atoms with Gasteiger partial charge in [-0.05, 0) is 6.42 Å². The zero-order chi connectivity index (χ0) is 15.0. The molecule has 0 aromatic carbocycles. The molecule has 0 bridgehead atoms. The van der Waals surface area contributed by atoms with Gasteiger partial charge in [-0.25, -0.2) is 15.8 Å². The largest absolute Gasteiger partial charge is 0.377 e. The van der Waals surface area contributed by atoms with E-state index in [1.807, 2.05) is 11.8 Å². The summed E-state index contributed by atoms with van der Waals surface area (Å²) in [7, 11) is 3.18. The number of amides is 1. The Morgan fingerprint density at radius 3 is 2.80 bits per heavy atom. The van der Waals surface area contributed by atoms with Gasteiger partial charge in [-0.15, -0.1) is 0 Å². The molecule has 4 N–H and O–H groups in total. The van der Waals surface area contributed by atoms with Crippen LogP contribution in [0.2, 0.25) is 0 Å². The van der Waals surface area contributed by atoms with Crippen molar-refractivity contribution in [2.75, 3.05) is 37.6 Å². The van der Waals surface area contributed by atoms with Crippen molar-refractivity contribution in [2.24, 2.45) is 5.84 Å². The number of hydrogen-bond donors (Lipinski definition) is 3. The summed E-state index contributed by atoms with van der Waals surface area (Å²) in [6.07, 6.45) is 0.895. The van der Waals surface area contributed by atoms with Crippen molar-refractivity contribution in [1.29, 1.82) is 0 Å². The highest BCUT2D eigenvalue weighted by atomic mass is 16.5. The van der Waals surface area contributed by atoms with E-state index in [0.717, 1.165) is 6.42 Å². The molecule has 0 radical (unpaired) electrons. The Kier molecular flexibility index (Phi) is 6.68. The van der Waals surface area contributed by atoms with Gasteiger partial charge >= 0.3 is 0 Å². The molecule has 1 amide bonds. The molecule has 0 atom stereocenters. The maximum atomic E-state index is 11.6. The third kappa shape index (κ3) is 4.63. The number of hydrazine groups is 1. The number of nitrogen functional groups attached to an aromatic ring is 1. The van der Waals surface area contributed by atoms with Crippen LogP contribution in [0.5, 0.6) is 0 Å². The molecule has 1 rings (SSSR count). The molecule has 0 saturated carbocycles. The van der Waals surface area contributed by atoms with Crippen LogP contribution in [-0.4, -0.2) is 43.1 Å². The first-order valence-electron chi connectivity index (χ1n) is 6.43. The molecule has 0 unspecified atom stereocenters. The number of nitrogens with zero attached hydrogens (tertiary/aromatic N) is 3. The number of methoxy groups -OCH3 is 1. The predicted octanol–water partition coefficient (Wildman–Crippen LogP) is -0.129. The lowest BCUT2D eigenvalue weighted by Gasteiger charge is -2.23. The number of aromatic nitrogens is 2. The van der Waals surface area contributed by atoms with Crippen molar-refractivity contribution < 1.29 is 9.53 Å². The molecular weight excluding hydrogens is 260 g/mol. The number of ether oxygens (including phenoxy) is 1. The highest BCUT2D eigenvalue weighted by Crippen LogP contribution is 2.16. The van der Waals surface area contributed by atoms with Crippen molar-refractivity contribution in [3.05, 3.63) is 11.9 Å². The number of nitrogens with one attached hydrogen (secondary N) is 2. The van der Waals surface area contributed by atoms with Gasteiger partial charge < -0.3 is 20.4 Å². The fraction of sp³-hybridized carbons (Fsp3) is 0.583. The number of carbonyl (C=O) groups is 1. The summed E-state index contributed by atoms with van der Waals surface area (Å²) < 4.78 is 5.03. The first-order chi connectivity index (χ1) is 9.64. The monoisotopic (exact) mass is 282 g/mol. The summed E-state index contributed by atoms with van der Waals surface area (Å²) >= 11 is 0. The van der Waals surface area contributed by atoms with Crippen molar-refractivity contribution in [3.63, 3.8) is 0 Å². The molecule has 112 valence electrons. The standard InChI is InChI=1S/C12H22N6O2/c1-4-5-18(7-12(19)14-2)11-6-9(17-13)15-10(16-11)8-20-3/h6H,4-5,7-8,13H2,1-3H3,(H,14,19)(H,15,16,17). The number of anilines is 2. The van der Waals surface area contributed by atoms with Crippen molar-refractivity contribution in [3.8, 4) is 0 Å². The van der Waals surface area contributed by atoms with Crippen molar-refractivity contribution >= 4 is 17.5 Å². The Bertz CT molecular complexity index is 440. The summed E-state index contributed by atoms with van der Waals surface area (Å²) in [6.45, 7) is 3.26. The van der Waals surface area contributed by atoms with Crippen LogP contribution >= 0.6 is 0 Å². The van der Waals surface area contributed by atoms with Gasteiger partial charge in [0.15, 0.2) is 5.82 Å². The third-order valence-corrected chi connectivity index (χ3v) is 2.61. The average molecular weight is 282 g/mol. The van der Waals surface area contributed by atoms with Crippen LogP contribution in [0.3, 0.4) is 0 Å². The number of likely N-dealkylation sites (N-methyl/N-ethyl adjacent to an activating group) is 1. The number of nitrogens with two attached hydrogens (primary N) is 1. The number of hydrogen-bond acceptors (Lipinski definition) is 7. The van der Waals surface area contributed by atoms with Crippen LogP contribution in [0.15, 0.2) is 6.07 Å². The molecule has 0 aliphatic heterocycles. The SMILES string of the molecule is CCCN(CC(=O)NC)c1cc(NN)nc(COC)n1. The maximum absolute atomic E-state index is 11.6. The van der Waals surface area contributed by atoms with E-state index in [-0.39, 0.29) is 19.1 Å². The molecule has 0 spiro atoms. The Morgan fingerprint density at radius 1 is 1.50 bits per heavy atom. The highest BCUT2D eigenvalue weighted by Gasteiger charge is 2.14. The minimum Gasteiger partial charge on any atom is -0.377 e. The second-order valence-corrected chi connectivity index (χ2v) is 4.20. The Labute approximate surface area is 118 Å². The highest BCUT2D eigenvalue weighted by molar-refractivity contribution is 5.80. The molecule has 8 nitrogen and oxygen atoms in total. The normalized spacial score (nSPS) is 10.2. The van der Waals surface area contributed by atoms with Crippen molar-refractivity contribution in [2.45, 2.75) is 20.0 Å². The van der Waals surface area contributed by atoms with Gasteiger partial charge in [0.25, 0.3) is 0 Å². The zero-order valence-electron chi connectivity index (χ0n) is 12.1. The van der Waals surface area contributed by atoms with Gasteiger partial charge in [0, 0.05) is 26.8 Å². The lowest BCUT2D eigenvalue weighted by atomic mass is 10.3. The summed E-state index contributed by atoms with van der Waals surface area (Å²) in [4.78, 5) is 22.0. The van der Waals surface area contributed by atoms with Gasteiger partial charge in [0.2, 0.25) is 5.91 Å². The molecule has 1 aromatic heterocycles. The van der Waals surface area contributed by atoms with Crippen LogP contribution in [0.25, 0.3) is 0 Å². The third-order valence-electron chi connectivity index (χ3n) is 2.61. The Balaban J connectivity index is 3.03. The van der Waals surface area contributed by atoms with E-state index in [1.165, 1.54) is 0 Å². The average Bonchev–Trinajstić information content (AvgIpc) is 2.46. The van der Waals surface area contributed by atoms with E-state index in [4.69, 9.17) is 10.6 Å². The second kappa shape index (κ2) is 8.28. The fourth-order valence-electron chi connectivity index (χ4n) is 1.71. The van der Waals surface area contributed by atoms with Gasteiger partial charge in [0.1, 0.15) is 18.2 Å². The van der Waals surface area contributed by atoms with Gasteiger partial charge in [0.05, 0.1) is 6.54 Å². The molecule has 20 heavy (non-hydrogen) atoms. The summed E-state index contributed by atoms with van der Waals surface area (Å²) in [5.41, 5.74) is 2.50. The quantitative estimate of drug-likeness (QED) is 0.450. The maximum Gasteiger partial charge on any atom is 0.239 e. The van der Waals surface area contributed by atoms with E-state index in [1.54, 1.807) is 20.2 Å².